The van der Waals surface area contributed by atoms with Gasteiger partial charge in [-0.15, -0.1) is 0 Å². The highest BCUT2D eigenvalue weighted by Gasteiger charge is 2.16. The van der Waals surface area contributed by atoms with Crippen LogP contribution < -0.4 is 10.1 Å². The van der Waals surface area contributed by atoms with Crippen molar-refractivity contribution >= 4 is 22.8 Å². The Morgan fingerprint density at radius 3 is 2.86 bits per heavy atom. The molecule has 28 heavy (non-hydrogen) atoms. The number of aryl methyl sites for hydroxylation is 1. The number of fused-ring (bicyclic) bond motifs is 1. The highest BCUT2D eigenvalue weighted by Crippen LogP contribution is 2.29. The average Bonchev–Trinajstić information content (AvgIpc) is 3.34. The third-order valence-electron chi connectivity index (χ3n) is 4.24. The lowest BCUT2D eigenvalue weighted by Crippen LogP contribution is -2.12. The predicted molar refractivity (Wildman–Crippen MR) is 106 cm³/mol. The molecule has 0 bridgehead atoms. The van der Waals surface area contributed by atoms with Gasteiger partial charge in [0.25, 0.3) is 5.91 Å². The Labute approximate surface area is 161 Å². The van der Waals surface area contributed by atoms with Crippen LogP contribution in [-0.4, -0.2) is 37.9 Å². The predicted octanol–water partition coefficient (Wildman–Crippen LogP) is 3.70. The smallest absolute Gasteiger partial charge is 0.274 e. The molecule has 4 aromatic rings. The number of nitrogens with zero attached hydrogens (tertiary/aromatic N) is 3. The van der Waals surface area contributed by atoms with Crippen LogP contribution in [0.4, 0.5) is 5.82 Å². The van der Waals surface area contributed by atoms with E-state index in [0.717, 1.165) is 28.8 Å². The number of pyridine rings is 1. The van der Waals surface area contributed by atoms with Crippen LogP contribution in [0.5, 0.6) is 5.75 Å². The van der Waals surface area contributed by atoms with Gasteiger partial charge in [0.05, 0.1) is 17.7 Å². The van der Waals surface area contributed by atoms with Crippen molar-refractivity contribution in [2.45, 2.75) is 20.3 Å². The molecule has 0 atom stereocenters. The summed E-state index contributed by atoms with van der Waals surface area (Å²) in [5.74, 6) is 0.831. The fraction of sp³-hybridized carbons (Fsp3) is 0.200. The Kier molecular flexibility index (Phi) is 4.76. The summed E-state index contributed by atoms with van der Waals surface area (Å²) in [7, 11) is 0. The summed E-state index contributed by atoms with van der Waals surface area (Å²) in [6.07, 6.45) is 0.911. The highest BCUT2D eigenvalue weighted by molar-refractivity contribution is 6.06. The minimum absolute atomic E-state index is 0.330. The highest BCUT2D eigenvalue weighted by atomic mass is 16.5. The Balaban J connectivity index is 1.56. The Morgan fingerprint density at radius 2 is 2.00 bits per heavy atom. The number of hydrogen-bond donors (Lipinski definition) is 3. The van der Waals surface area contributed by atoms with Gasteiger partial charge in [0.2, 0.25) is 0 Å². The van der Waals surface area contributed by atoms with E-state index in [-0.39, 0.29) is 5.91 Å². The number of rotatable bonds is 6. The molecule has 142 valence electrons. The van der Waals surface area contributed by atoms with Crippen molar-refractivity contribution in [3.63, 3.8) is 0 Å². The zero-order valence-corrected chi connectivity index (χ0v) is 15.6. The molecule has 3 heterocycles. The molecule has 0 spiro atoms. The number of benzene rings is 1. The van der Waals surface area contributed by atoms with Gasteiger partial charge in [-0.2, -0.15) is 10.2 Å². The molecule has 1 amide bonds. The van der Waals surface area contributed by atoms with Crippen molar-refractivity contribution in [2.24, 2.45) is 0 Å². The molecule has 3 aromatic heterocycles. The number of ether oxygens (including phenoxy) is 1. The van der Waals surface area contributed by atoms with E-state index in [1.165, 1.54) is 0 Å². The summed E-state index contributed by atoms with van der Waals surface area (Å²) >= 11 is 0. The minimum atomic E-state index is -0.334. The van der Waals surface area contributed by atoms with Crippen molar-refractivity contribution in [3.05, 3.63) is 53.9 Å². The average molecular weight is 376 g/mol. The molecule has 0 unspecified atom stereocenters. The van der Waals surface area contributed by atoms with Gasteiger partial charge in [0.1, 0.15) is 11.4 Å². The van der Waals surface area contributed by atoms with E-state index in [9.17, 15) is 4.79 Å². The van der Waals surface area contributed by atoms with E-state index >= 15 is 0 Å². The second-order valence-corrected chi connectivity index (χ2v) is 6.39. The number of para-hydroxylation sites is 1. The third-order valence-corrected chi connectivity index (χ3v) is 4.24. The third kappa shape index (κ3) is 3.44. The Bertz CT molecular complexity index is 1130. The van der Waals surface area contributed by atoms with Crippen LogP contribution in [-0.2, 0) is 0 Å². The molecule has 0 aliphatic heterocycles. The van der Waals surface area contributed by atoms with E-state index in [1.54, 1.807) is 6.07 Å². The number of H-pyrrole nitrogens is 2. The first-order chi connectivity index (χ1) is 13.7. The SMILES string of the molecule is CCCOc1ccccc1-c1cc(C(=O)Nc2n[nH]c3nc(C)ccc23)[nH]n1. The van der Waals surface area contributed by atoms with Crippen molar-refractivity contribution in [1.82, 2.24) is 25.4 Å². The van der Waals surface area contributed by atoms with Crippen molar-refractivity contribution in [1.29, 1.82) is 0 Å². The first kappa shape index (κ1) is 17.7. The zero-order chi connectivity index (χ0) is 19.5. The number of aromatic nitrogens is 5. The van der Waals surface area contributed by atoms with Crippen molar-refractivity contribution in [3.8, 4) is 17.0 Å². The molecule has 8 nitrogen and oxygen atoms in total. The van der Waals surface area contributed by atoms with Gasteiger partial charge in [0.15, 0.2) is 11.5 Å². The molecular formula is C20H20N6O2. The van der Waals surface area contributed by atoms with Crippen molar-refractivity contribution < 1.29 is 9.53 Å². The van der Waals surface area contributed by atoms with E-state index in [0.29, 0.717) is 29.5 Å². The molecule has 8 heteroatoms. The van der Waals surface area contributed by atoms with Gasteiger partial charge >= 0.3 is 0 Å². The summed E-state index contributed by atoms with van der Waals surface area (Å²) in [4.78, 5) is 17.0. The number of aromatic amines is 2. The van der Waals surface area contributed by atoms with Crippen LogP contribution in [0.2, 0.25) is 0 Å². The molecule has 1 aromatic carbocycles. The largest absolute Gasteiger partial charge is 0.493 e. The van der Waals surface area contributed by atoms with E-state index in [4.69, 9.17) is 4.74 Å². The maximum atomic E-state index is 12.6. The second kappa shape index (κ2) is 7.51. The standard InChI is InChI=1S/C20H20N6O2/c1-3-10-28-17-7-5-4-6-13(17)15-11-16(24-23-15)20(27)22-19-14-9-8-12(2)21-18(14)25-26-19/h4-9,11H,3,10H2,1-2H3,(H,23,24)(H2,21,22,25,26,27). The molecule has 0 fully saturated rings. The van der Waals surface area contributed by atoms with Crippen LogP contribution in [0.1, 0.15) is 29.5 Å². The van der Waals surface area contributed by atoms with E-state index in [1.807, 2.05) is 43.3 Å². The van der Waals surface area contributed by atoms with Gasteiger partial charge in [-0.05, 0) is 43.7 Å². The molecule has 4 rings (SSSR count). The fourth-order valence-corrected chi connectivity index (χ4v) is 2.86. The fourth-order valence-electron chi connectivity index (χ4n) is 2.86. The lowest BCUT2D eigenvalue weighted by molar-refractivity contribution is 0.102. The Hall–Kier alpha value is -3.68. The number of carbonyl (C=O) groups excluding carboxylic acids is 1. The van der Waals surface area contributed by atoms with Crippen molar-refractivity contribution in [2.75, 3.05) is 11.9 Å². The zero-order valence-electron chi connectivity index (χ0n) is 15.6. The number of hydrogen-bond acceptors (Lipinski definition) is 5. The maximum Gasteiger partial charge on any atom is 0.274 e. The normalized spacial score (nSPS) is 10.9. The number of nitrogens with one attached hydrogen (secondary N) is 3. The van der Waals surface area contributed by atoms with E-state index < -0.39 is 0 Å². The Morgan fingerprint density at radius 1 is 1.14 bits per heavy atom. The summed E-state index contributed by atoms with van der Waals surface area (Å²) in [5, 5.41) is 17.6. The van der Waals surface area contributed by atoms with E-state index in [2.05, 4.69) is 37.6 Å². The molecule has 0 aliphatic rings. The number of amides is 1. The van der Waals surface area contributed by atoms with Crippen LogP contribution >= 0.6 is 0 Å². The van der Waals surface area contributed by atoms with Crippen LogP contribution in [0.3, 0.4) is 0 Å². The minimum Gasteiger partial charge on any atom is -0.493 e. The topological polar surface area (TPSA) is 109 Å². The van der Waals surface area contributed by atoms with Gasteiger partial charge in [-0.1, -0.05) is 19.1 Å². The summed E-state index contributed by atoms with van der Waals surface area (Å²) in [6, 6.07) is 13.1. The van der Waals surface area contributed by atoms with Gasteiger partial charge in [0, 0.05) is 11.3 Å². The van der Waals surface area contributed by atoms with Gasteiger partial charge < -0.3 is 10.1 Å². The van der Waals surface area contributed by atoms with Gasteiger partial charge in [-0.3, -0.25) is 15.0 Å². The van der Waals surface area contributed by atoms with Crippen LogP contribution in [0, 0.1) is 6.92 Å². The lowest BCUT2D eigenvalue weighted by Gasteiger charge is -2.08. The molecular weight excluding hydrogens is 356 g/mol. The first-order valence-electron chi connectivity index (χ1n) is 9.06. The van der Waals surface area contributed by atoms with Crippen LogP contribution in [0.25, 0.3) is 22.3 Å². The van der Waals surface area contributed by atoms with Crippen LogP contribution in [0.15, 0.2) is 42.5 Å². The number of carbonyl (C=O) groups is 1. The molecule has 3 N–H and O–H groups in total. The quantitative estimate of drug-likeness (QED) is 0.475. The first-order valence-corrected chi connectivity index (χ1v) is 9.06. The molecule has 0 aliphatic carbocycles. The number of anilines is 1. The molecule has 0 saturated heterocycles. The summed E-state index contributed by atoms with van der Waals surface area (Å²) in [6.45, 7) is 4.57. The summed E-state index contributed by atoms with van der Waals surface area (Å²) < 4.78 is 5.78. The lowest BCUT2D eigenvalue weighted by atomic mass is 10.1. The maximum absolute atomic E-state index is 12.6. The molecule has 0 radical (unpaired) electrons. The monoisotopic (exact) mass is 376 g/mol. The summed E-state index contributed by atoms with van der Waals surface area (Å²) in [5.41, 5.74) is 3.30. The molecule has 0 saturated carbocycles. The second-order valence-electron chi connectivity index (χ2n) is 6.39. The van der Waals surface area contributed by atoms with Gasteiger partial charge in [-0.25, -0.2) is 4.98 Å².